The van der Waals surface area contributed by atoms with E-state index in [0.29, 0.717) is 11.4 Å². The van der Waals surface area contributed by atoms with E-state index < -0.39 is 0 Å². The van der Waals surface area contributed by atoms with Crippen LogP contribution in [0.1, 0.15) is 46.3 Å². The normalized spacial score (nSPS) is 14.1. The molecule has 25 heavy (non-hydrogen) atoms. The summed E-state index contributed by atoms with van der Waals surface area (Å²) in [6.07, 6.45) is 4.50. The number of nitrogens with zero attached hydrogens (tertiary/aromatic N) is 4. The molecule has 0 atom stereocenters. The SMILES string of the molecule is Cc1nc(-c2ccsc2)sc1C(=O)NCc1nnc2n1CCCCC2. The monoisotopic (exact) mass is 373 g/mol. The lowest BCUT2D eigenvalue weighted by Crippen LogP contribution is -2.24. The lowest BCUT2D eigenvalue weighted by molar-refractivity contribution is 0.0952. The molecule has 6 nitrogen and oxygen atoms in total. The first-order chi connectivity index (χ1) is 12.2. The Morgan fingerprint density at radius 2 is 2.24 bits per heavy atom. The fourth-order valence-corrected chi connectivity index (χ4v) is 4.73. The summed E-state index contributed by atoms with van der Waals surface area (Å²) in [6.45, 7) is 3.22. The maximum Gasteiger partial charge on any atom is 0.263 e. The van der Waals surface area contributed by atoms with Gasteiger partial charge in [0.15, 0.2) is 5.82 Å². The Kier molecular flexibility index (Phi) is 4.63. The van der Waals surface area contributed by atoms with E-state index in [1.54, 1.807) is 11.3 Å². The van der Waals surface area contributed by atoms with Crippen LogP contribution in [0.15, 0.2) is 16.8 Å². The third kappa shape index (κ3) is 3.36. The van der Waals surface area contributed by atoms with Gasteiger partial charge >= 0.3 is 0 Å². The van der Waals surface area contributed by atoms with Gasteiger partial charge in [-0.25, -0.2) is 4.98 Å². The van der Waals surface area contributed by atoms with Gasteiger partial charge in [0.25, 0.3) is 5.91 Å². The average Bonchev–Trinajstić information content (AvgIpc) is 3.31. The third-order valence-electron chi connectivity index (χ3n) is 4.36. The van der Waals surface area contributed by atoms with Crippen molar-refractivity contribution in [1.29, 1.82) is 0 Å². The molecule has 3 aromatic heterocycles. The van der Waals surface area contributed by atoms with Gasteiger partial charge in [-0.15, -0.1) is 21.5 Å². The number of aromatic nitrogens is 4. The van der Waals surface area contributed by atoms with Crippen LogP contribution in [0.25, 0.3) is 10.6 Å². The first-order valence-electron chi connectivity index (χ1n) is 8.41. The highest BCUT2D eigenvalue weighted by Crippen LogP contribution is 2.29. The topological polar surface area (TPSA) is 72.7 Å². The van der Waals surface area contributed by atoms with Gasteiger partial charge in [-0.3, -0.25) is 4.79 Å². The van der Waals surface area contributed by atoms with Crippen molar-refractivity contribution in [1.82, 2.24) is 25.1 Å². The molecule has 0 unspecified atom stereocenters. The number of fused-ring (bicyclic) bond motifs is 1. The second-order valence-electron chi connectivity index (χ2n) is 6.12. The van der Waals surface area contributed by atoms with Crippen molar-refractivity contribution < 1.29 is 4.79 Å². The minimum absolute atomic E-state index is 0.0950. The summed E-state index contributed by atoms with van der Waals surface area (Å²) in [4.78, 5) is 17.8. The van der Waals surface area contributed by atoms with Crippen molar-refractivity contribution in [2.45, 2.75) is 45.7 Å². The van der Waals surface area contributed by atoms with E-state index in [1.165, 1.54) is 17.8 Å². The number of amides is 1. The van der Waals surface area contributed by atoms with Gasteiger partial charge in [-0.2, -0.15) is 11.3 Å². The van der Waals surface area contributed by atoms with Gasteiger partial charge in [0, 0.05) is 23.9 Å². The molecule has 0 spiro atoms. The summed E-state index contributed by atoms with van der Waals surface area (Å²) in [5, 5.41) is 16.5. The van der Waals surface area contributed by atoms with Crippen molar-refractivity contribution >= 4 is 28.6 Å². The minimum atomic E-state index is -0.0950. The molecule has 0 fully saturated rings. The molecule has 8 heteroatoms. The predicted molar refractivity (Wildman–Crippen MR) is 98.9 cm³/mol. The van der Waals surface area contributed by atoms with Crippen molar-refractivity contribution in [2.24, 2.45) is 0 Å². The van der Waals surface area contributed by atoms with Gasteiger partial charge in [0.05, 0.1) is 12.2 Å². The summed E-state index contributed by atoms with van der Waals surface area (Å²) in [5.74, 6) is 1.78. The van der Waals surface area contributed by atoms with Crippen LogP contribution in [0, 0.1) is 6.92 Å². The first kappa shape index (κ1) is 16.4. The highest BCUT2D eigenvalue weighted by molar-refractivity contribution is 7.17. The number of rotatable bonds is 4. The molecule has 4 rings (SSSR count). The molecular formula is C17H19N5OS2. The molecule has 1 amide bonds. The smallest absolute Gasteiger partial charge is 0.263 e. The second-order valence-corrected chi connectivity index (χ2v) is 7.90. The van der Waals surface area contributed by atoms with Crippen LogP contribution in [-0.2, 0) is 19.5 Å². The molecule has 0 bridgehead atoms. The van der Waals surface area contributed by atoms with Crippen molar-refractivity contribution in [3.8, 4) is 10.6 Å². The van der Waals surface area contributed by atoms with Gasteiger partial charge in [-0.1, -0.05) is 6.42 Å². The maximum atomic E-state index is 12.6. The van der Waals surface area contributed by atoms with Crippen LogP contribution in [0.2, 0.25) is 0 Å². The van der Waals surface area contributed by atoms with E-state index in [2.05, 4.69) is 25.1 Å². The van der Waals surface area contributed by atoms with Crippen LogP contribution in [0.5, 0.6) is 0 Å². The van der Waals surface area contributed by atoms with Crippen molar-refractivity contribution in [2.75, 3.05) is 0 Å². The van der Waals surface area contributed by atoms with Crippen LogP contribution < -0.4 is 5.32 Å². The summed E-state index contributed by atoms with van der Waals surface area (Å²) in [7, 11) is 0. The zero-order valence-corrected chi connectivity index (χ0v) is 15.6. The lowest BCUT2D eigenvalue weighted by Gasteiger charge is -2.07. The second kappa shape index (κ2) is 7.05. The van der Waals surface area contributed by atoms with E-state index in [9.17, 15) is 4.79 Å². The largest absolute Gasteiger partial charge is 0.344 e. The molecule has 130 valence electrons. The highest BCUT2D eigenvalue weighted by Gasteiger charge is 2.19. The van der Waals surface area contributed by atoms with Crippen LogP contribution in [0.3, 0.4) is 0 Å². The summed E-state index contributed by atoms with van der Waals surface area (Å²) in [6, 6.07) is 2.02. The molecule has 1 aliphatic rings. The summed E-state index contributed by atoms with van der Waals surface area (Å²) in [5.41, 5.74) is 1.84. The number of thiophene rings is 1. The molecule has 0 saturated heterocycles. The number of nitrogens with one attached hydrogen (secondary N) is 1. The molecule has 1 N–H and O–H groups in total. The summed E-state index contributed by atoms with van der Waals surface area (Å²) < 4.78 is 2.16. The Labute approximate surface area is 153 Å². The number of carbonyl (C=O) groups is 1. The highest BCUT2D eigenvalue weighted by atomic mass is 32.1. The van der Waals surface area contributed by atoms with E-state index >= 15 is 0 Å². The van der Waals surface area contributed by atoms with Gasteiger partial charge < -0.3 is 9.88 Å². The quantitative estimate of drug-likeness (QED) is 0.760. The first-order valence-corrected chi connectivity index (χ1v) is 10.2. The molecular weight excluding hydrogens is 354 g/mol. The van der Waals surface area contributed by atoms with E-state index in [-0.39, 0.29) is 5.91 Å². The van der Waals surface area contributed by atoms with Crippen molar-refractivity contribution in [3.63, 3.8) is 0 Å². The number of aryl methyl sites for hydroxylation is 2. The molecule has 0 saturated carbocycles. The van der Waals surface area contributed by atoms with Gasteiger partial charge in [0.1, 0.15) is 15.7 Å². The van der Waals surface area contributed by atoms with Crippen LogP contribution >= 0.6 is 22.7 Å². The predicted octanol–water partition coefficient (Wildman–Crippen LogP) is 3.43. The van der Waals surface area contributed by atoms with Crippen LogP contribution in [0.4, 0.5) is 0 Å². The molecule has 0 aliphatic carbocycles. The molecule has 1 aliphatic heterocycles. The molecule has 0 radical (unpaired) electrons. The Morgan fingerprint density at radius 3 is 3.08 bits per heavy atom. The number of thiazole rings is 1. The van der Waals surface area contributed by atoms with E-state index in [1.807, 2.05) is 23.8 Å². The minimum Gasteiger partial charge on any atom is -0.344 e. The van der Waals surface area contributed by atoms with Crippen molar-refractivity contribution in [3.05, 3.63) is 39.0 Å². The van der Waals surface area contributed by atoms with Gasteiger partial charge in [0.2, 0.25) is 0 Å². The fraction of sp³-hybridized carbons (Fsp3) is 0.412. The standard InChI is InChI=1S/C17H19N5OS2/c1-11-15(25-17(19-11)12-6-8-24-10-12)16(23)18-9-14-21-20-13-5-3-2-4-7-22(13)14/h6,8,10H,2-5,7,9H2,1H3,(H,18,23). The van der Waals surface area contributed by atoms with Crippen LogP contribution in [-0.4, -0.2) is 25.7 Å². The number of carbonyl (C=O) groups excluding carboxylic acids is 1. The fourth-order valence-electron chi connectivity index (χ4n) is 3.03. The lowest BCUT2D eigenvalue weighted by atomic mass is 10.2. The van der Waals surface area contributed by atoms with E-state index in [4.69, 9.17) is 0 Å². The summed E-state index contributed by atoms with van der Waals surface area (Å²) >= 11 is 3.06. The third-order valence-corrected chi connectivity index (χ3v) is 6.25. The molecule has 4 heterocycles. The number of hydrogen-bond donors (Lipinski definition) is 1. The van der Waals surface area contributed by atoms with Gasteiger partial charge in [-0.05, 0) is 31.2 Å². The Balaban J connectivity index is 1.47. The molecule has 3 aromatic rings. The average molecular weight is 374 g/mol. The Bertz CT molecular complexity index is 881. The maximum absolute atomic E-state index is 12.6. The molecule has 0 aromatic carbocycles. The zero-order valence-electron chi connectivity index (χ0n) is 14.0. The zero-order chi connectivity index (χ0) is 17.2. The van der Waals surface area contributed by atoms with E-state index in [0.717, 1.165) is 53.7 Å². The number of hydrogen-bond acceptors (Lipinski definition) is 6. The Morgan fingerprint density at radius 1 is 1.32 bits per heavy atom. The Hall–Kier alpha value is -2.06.